The summed E-state index contributed by atoms with van der Waals surface area (Å²) >= 11 is 0. The largest absolute Gasteiger partial charge is 0.525 e. The molecule has 0 aliphatic carbocycles. The summed E-state index contributed by atoms with van der Waals surface area (Å²) in [7, 11) is 0. The van der Waals surface area contributed by atoms with E-state index in [0.717, 1.165) is 11.4 Å². The van der Waals surface area contributed by atoms with Crippen LogP contribution >= 0.6 is 0 Å². The van der Waals surface area contributed by atoms with Crippen molar-refractivity contribution in [2.24, 2.45) is 0 Å². The van der Waals surface area contributed by atoms with Crippen molar-refractivity contribution in [3.05, 3.63) is 41.5 Å². The molecule has 1 heterocycles. The molecule has 15 heavy (non-hydrogen) atoms. The molecule has 4 heteroatoms. The highest BCUT2D eigenvalue weighted by Gasteiger charge is 2.19. The Balaban J connectivity index is 1.92. The van der Waals surface area contributed by atoms with Gasteiger partial charge in [-0.3, -0.25) is 11.0 Å². The molecular formula is C11H15N3O. The fourth-order valence-electron chi connectivity index (χ4n) is 1.69. The third-order valence-electron chi connectivity index (χ3n) is 2.57. The van der Waals surface area contributed by atoms with Crippen molar-refractivity contribution in [2.75, 3.05) is 6.54 Å². The summed E-state index contributed by atoms with van der Waals surface area (Å²) in [5, 5.41) is 8.29. The van der Waals surface area contributed by atoms with Gasteiger partial charge in [0, 0.05) is 6.42 Å². The second-order valence-electron chi connectivity index (χ2n) is 3.86. The van der Waals surface area contributed by atoms with Crippen molar-refractivity contribution in [3.8, 4) is 0 Å². The van der Waals surface area contributed by atoms with E-state index in [1.54, 1.807) is 0 Å². The van der Waals surface area contributed by atoms with Gasteiger partial charge in [-0.2, -0.15) is 0 Å². The van der Waals surface area contributed by atoms with Crippen LogP contribution in [0.5, 0.6) is 0 Å². The van der Waals surface area contributed by atoms with Crippen molar-refractivity contribution < 1.29 is 9.85 Å². The Kier molecular flexibility index (Phi) is 2.99. The average molecular weight is 205 g/mol. The van der Waals surface area contributed by atoms with Gasteiger partial charge in [0.25, 0.3) is 0 Å². The third kappa shape index (κ3) is 2.55. The predicted octanol–water partition coefficient (Wildman–Crippen LogP) is 0.714. The Labute approximate surface area is 89.3 Å². The summed E-state index contributed by atoms with van der Waals surface area (Å²) in [6.07, 6.45) is 0.955. The molecule has 1 saturated heterocycles. The maximum atomic E-state index is 7.32. The van der Waals surface area contributed by atoms with E-state index >= 15 is 0 Å². The van der Waals surface area contributed by atoms with Gasteiger partial charge in [0.05, 0.1) is 6.04 Å². The molecule has 0 aromatic heterocycles. The van der Waals surface area contributed by atoms with Gasteiger partial charge in [0.2, 0.25) is 5.90 Å². The zero-order chi connectivity index (χ0) is 10.7. The third-order valence-corrected chi connectivity index (χ3v) is 2.57. The number of quaternary nitrogens is 1. The standard InChI is InChI=1S/C11H15N3O/c1-9(14-8-11(12)15-13-14)7-10-5-3-2-4-6-10/h2-6,9,12,14H,7-8H2,1H3. The molecule has 0 amide bonds. The molecule has 0 saturated carbocycles. The minimum absolute atomic E-state index is 0.255. The van der Waals surface area contributed by atoms with Crippen molar-refractivity contribution in [2.45, 2.75) is 19.4 Å². The number of nitrogens with zero attached hydrogens (tertiary/aromatic N) is 1. The summed E-state index contributed by atoms with van der Waals surface area (Å²) in [5.41, 5.74) is 5.20. The molecule has 4 nitrogen and oxygen atoms in total. The number of benzene rings is 1. The van der Waals surface area contributed by atoms with Crippen LogP contribution < -0.4 is 5.01 Å². The highest BCUT2D eigenvalue weighted by atomic mass is 16.7. The quantitative estimate of drug-likeness (QED) is 0.750. The highest BCUT2D eigenvalue weighted by Crippen LogP contribution is 2.02. The van der Waals surface area contributed by atoms with E-state index in [1.165, 1.54) is 5.56 Å². The number of hydrogen-bond donors (Lipinski definition) is 2. The second-order valence-corrected chi connectivity index (χ2v) is 3.86. The van der Waals surface area contributed by atoms with E-state index < -0.39 is 0 Å². The fraction of sp³-hybridized carbons (Fsp3) is 0.364. The Hall–Kier alpha value is -1.39. The van der Waals surface area contributed by atoms with Crippen LogP contribution in [0.15, 0.2) is 30.3 Å². The van der Waals surface area contributed by atoms with E-state index in [0.29, 0.717) is 12.6 Å². The van der Waals surface area contributed by atoms with Gasteiger partial charge in [0.1, 0.15) is 6.54 Å². The number of nitrogens with one attached hydrogen (secondary N) is 2. The van der Waals surface area contributed by atoms with Gasteiger partial charge in [-0.05, 0) is 12.5 Å². The van der Waals surface area contributed by atoms with Gasteiger partial charge >= 0.3 is 0 Å². The first-order valence-corrected chi connectivity index (χ1v) is 5.11. The fourth-order valence-corrected chi connectivity index (χ4v) is 1.69. The topological polar surface area (TPSA) is 51.6 Å². The minimum Gasteiger partial charge on any atom is -0.525 e. The Morgan fingerprint density at radius 3 is 2.80 bits per heavy atom. The average Bonchev–Trinajstić information content (AvgIpc) is 2.66. The van der Waals surface area contributed by atoms with Crippen LogP contribution in [-0.4, -0.2) is 18.5 Å². The Bertz CT molecular complexity index is 339. The van der Waals surface area contributed by atoms with Crippen molar-refractivity contribution in [1.29, 1.82) is 5.41 Å². The molecule has 1 aliphatic heterocycles. The predicted molar refractivity (Wildman–Crippen MR) is 57.6 cm³/mol. The molecule has 2 unspecified atom stereocenters. The first kappa shape index (κ1) is 10.1. The molecule has 1 aromatic rings. The SMILES string of the molecule is CC(Cc1ccccc1)[NH+]1CC(=N)O[N-]1. The van der Waals surface area contributed by atoms with Gasteiger partial charge in [-0.15, -0.1) is 0 Å². The Morgan fingerprint density at radius 2 is 2.20 bits per heavy atom. The van der Waals surface area contributed by atoms with E-state index in [2.05, 4.69) is 24.6 Å². The van der Waals surface area contributed by atoms with E-state index in [-0.39, 0.29) is 5.90 Å². The maximum absolute atomic E-state index is 7.32. The first-order valence-electron chi connectivity index (χ1n) is 5.11. The lowest BCUT2D eigenvalue weighted by atomic mass is 10.1. The van der Waals surface area contributed by atoms with Crippen LogP contribution in [0.4, 0.5) is 0 Å². The van der Waals surface area contributed by atoms with Crippen molar-refractivity contribution >= 4 is 5.90 Å². The molecule has 2 atom stereocenters. The summed E-state index contributed by atoms with van der Waals surface area (Å²) in [4.78, 5) is 4.80. The molecule has 2 N–H and O–H groups in total. The zero-order valence-electron chi connectivity index (χ0n) is 8.73. The van der Waals surface area contributed by atoms with Crippen LogP contribution in [-0.2, 0) is 11.3 Å². The lowest BCUT2D eigenvalue weighted by Crippen LogP contribution is -3.10. The summed E-state index contributed by atoms with van der Waals surface area (Å²) < 4.78 is 0. The summed E-state index contributed by atoms with van der Waals surface area (Å²) in [5.74, 6) is 0.255. The summed E-state index contributed by atoms with van der Waals surface area (Å²) in [6, 6.07) is 10.7. The minimum atomic E-state index is 0.255. The molecule has 1 aliphatic rings. The van der Waals surface area contributed by atoms with Gasteiger partial charge in [0.15, 0.2) is 0 Å². The monoisotopic (exact) mass is 205 g/mol. The van der Waals surface area contributed by atoms with Gasteiger partial charge in [-0.1, -0.05) is 30.3 Å². The van der Waals surface area contributed by atoms with Crippen LogP contribution in [0.1, 0.15) is 12.5 Å². The highest BCUT2D eigenvalue weighted by molar-refractivity contribution is 5.75. The molecule has 1 fully saturated rings. The molecule has 0 radical (unpaired) electrons. The molecule has 2 rings (SSSR count). The van der Waals surface area contributed by atoms with E-state index in [1.807, 2.05) is 18.2 Å². The second kappa shape index (κ2) is 4.42. The lowest BCUT2D eigenvalue weighted by molar-refractivity contribution is -0.880. The summed E-state index contributed by atoms with van der Waals surface area (Å²) in [6.45, 7) is 2.68. The lowest BCUT2D eigenvalue weighted by Gasteiger charge is -2.26. The molecule has 1 aromatic carbocycles. The molecule has 0 spiro atoms. The molecule has 0 bridgehead atoms. The van der Waals surface area contributed by atoms with Crippen molar-refractivity contribution in [1.82, 2.24) is 0 Å². The molecule has 80 valence electrons. The van der Waals surface area contributed by atoms with E-state index in [9.17, 15) is 0 Å². The normalized spacial score (nSPS) is 22.5. The van der Waals surface area contributed by atoms with Crippen LogP contribution in [0.3, 0.4) is 0 Å². The zero-order valence-corrected chi connectivity index (χ0v) is 8.73. The number of hydrogen-bond acceptors (Lipinski definition) is 2. The van der Waals surface area contributed by atoms with Crippen LogP contribution in [0, 0.1) is 5.41 Å². The molecular weight excluding hydrogens is 190 g/mol. The van der Waals surface area contributed by atoms with Gasteiger partial charge in [-0.25, -0.2) is 0 Å². The smallest absolute Gasteiger partial charge is 0.225 e. The first-order chi connectivity index (χ1) is 7.25. The Morgan fingerprint density at radius 1 is 1.47 bits per heavy atom. The van der Waals surface area contributed by atoms with Gasteiger partial charge < -0.3 is 9.85 Å². The maximum Gasteiger partial charge on any atom is 0.225 e. The van der Waals surface area contributed by atoms with Crippen LogP contribution in [0.25, 0.3) is 5.59 Å². The van der Waals surface area contributed by atoms with E-state index in [4.69, 9.17) is 10.2 Å². The van der Waals surface area contributed by atoms with Crippen LogP contribution in [0.2, 0.25) is 0 Å². The number of rotatable bonds is 3. The van der Waals surface area contributed by atoms with Crippen molar-refractivity contribution in [3.63, 3.8) is 0 Å².